The van der Waals surface area contributed by atoms with Crippen LogP contribution >= 0.6 is 0 Å². The maximum Gasteiger partial charge on any atom is 0.312 e. The molecule has 1 aromatic heterocycles. The summed E-state index contributed by atoms with van der Waals surface area (Å²) in [5, 5.41) is 24.2. The van der Waals surface area contributed by atoms with Gasteiger partial charge in [-0.25, -0.2) is 4.68 Å². The Bertz CT molecular complexity index is 1380. The molecule has 0 aliphatic heterocycles. The topological polar surface area (TPSA) is 137 Å². The SMILES string of the molecule is Cc1ccc(-c2cc(COc3cccc(O)c3O)nn2-c2ccc(S(=O)(=O)ON)cc2)cc1. The maximum absolute atomic E-state index is 11.8. The fourth-order valence-corrected chi connectivity index (χ4v) is 3.80. The minimum atomic E-state index is -4.02. The molecule has 9 nitrogen and oxygen atoms in total. The molecule has 0 aliphatic carbocycles. The lowest BCUT2D eigenvalue weighted by Crippen LogP contribution is -2.11. The Labute approximate surface area is 190 Å². The molecule has 1 heterocycles. The predicted octanol–water partition coefficient (Wildman–Crippen LogP) is 3.42. The molecule has 4 rings (SSSR count). The Kier molecular flexibility index (Phi) is 6.05. The minimum absolute atomic E-state index is 0.0242. The van der Waals surface area contributed by atoms with Crippen molar-refractivity contribution in [1.82, 2.24) is 9.78 Å². The number of nitrogens with zero attached hydrogens (tertiary/aromatic N) is 2. The zero-order chi connectivity index (χ0) is 23.6. The van der Waals surface area contributed by atoms with E-state index in [4.69, 9.17) is 10.6 Å². The smallest absolute Gasteiger partial charge is 0.312 e. The summed E-state index contributed by atoms with van der Waals surface area (Å²) < 4.78 is 35.0. The number of aromatic hydroxyl groups is 2. The summed E-state index contributed by atoms with van der Waals surface area (Å²) in [6, 6.07) is 20.1. The molecule has 33 heavy (non-hydrogen) atoms. The van der Waals surface area contributed by atoms with Crippen molar-refractivity contribution in [2.75, 3.05) is 0 Å². The molecule has 0 amide bonds. The zero-order valence-electron chi connectivity index (χ0n) is 17.5. The summed E-state index contributed by atoms with van der Waals surface area (Å²) in [6.45, 7) is 2.01. The summed E-state index contributed by atoms with van der Waals surface area (Å²) >= 11 is 0. The van der Waals surface area contributed by atoms with Crippen molar-refractivity contribution in [2.45, 2.75) is 18.4 Å². The fourth-order valence-electron chi connectivity index (χ4n) is 3.22. The molecule has 4 aromatic rings. The van der Waals surface area contributed by atoms with Crippen molar-refractivity contribution in [3.8, 4) is 34.2 Å². The quantitative estimate of drug-likeness (QED) is 0.278. The van der Waals surface area contributed by atoms with Gasteiger partial charge in [-0.2, -0.15) is 23.7 Å². The summed E-state index contributed by atoms with van der Waals surface area (Å²) in [5.74, 6) is 4.34. The first-order valence-electron chi connectivity index (χ1n) is 9.82. The van der Waals surface area contributed by atoms with Crippen LogP contribution in [0.1, 0.15) is 11.3 Å². The van der Waals surface area contributed by atoms with E-state index in [1.54, 1.807) is 22.9 Å². The van der Waals surface area contributed by atoms with Crippen molar-refractivity contribution in [3.05, 3.63) is 84.1 Å². The third kappa shape index (κ3) is 4.67. The molecule has 0 saturated carbocycles. The molecule has 0 radical (unpaired) electrons. The molecule has 0 atom stereocenters. The first kappa shape index (κ1) is 22.3. The second kappa shape index (κ2) is 8.94. The van der Waals surface area contributed by atoms with Crippen LogP contribution in [0.2, 0.25) is 0 Å². The van der Waals surface area contributed by atoms with Gasteiger partial charge >= 0.3 is 10.1 Å². The molecule has 10 heteroatoms. The molecule has 0 bridgehead atoms. The Morgan fingerprint density at radius 2 is 1.70 bits per heavy atom. The van der Waals surface area contributed by atoms with Crippen molar-refractivity contribution >= 4 is 10.1 Å². The average Bonchev–Trinajstić information content (AvgIpc) is 3.25. The zero-order valence-corrected chi connectivity index (χ0v) is 18.4. The molecule has 4 N–H and O–H groups in total. The fraction of sp³-hybridized carbons (Fsp3) is 0.0870. The molecule has 3 aromatic carbocycles. The van der Waals surface area contributed by atoms with Crippen LogP contribution in [0.25, 0.3) is 16.9 Å². The Morgan fingerprint density at radius 1 is 1.00 bits per heavy atom. The Balaban J connectivity index is 1.71. The van der Waals surface area contributed by atoms with Crippen LogP contribution in [-0.4, -0.2) is 28.4 Å². The van der Waals surface area contributed by atoms with E-state index in [0.29, 0.717) is 11.4 Å². The maximum atomic E-state index is 11.8. The largest absolute Gasteiger partial charge is 0.504 e. The van der Waals surface area contributed by atoms with E-state index in [1.165, 1.54) is 24.3 Å². The minimum Gasteiger partial charge on any atom is -0.504 e. The molecule has 0 unspecified atom stereocenters. The monoisotopic (exact) mass is 467 g/mol. The van der Waals surface area contributed by atoms with Gasteiger partial charge in [0.05, 0.1) is 16.3 Å². The molecule has 170 valence electrons. The van der Waals surface area contributed by atoms with Gasteiger partial charge < -0.3 is 14.9 Å². The van der Waals surface area contributed by atoms with Crippen molar-refractivity contribution < 1.29 is 27.7 Å². The van der Waals surface area contributed by atoms with Crippen LogP contribution in [0.4, 0.5) is 0 Å². The van der Waals surface area contributed by atoms with E-state index in [9.17, 15) is 18.6 Å². The standard InChI is InChI=1S/C23H21N3O6S/c1-15-5-7-16(8-6-15)20-13-17(14-31-22-4-2-3-21(27)23(22)28)25-26(20)18-9-11-19(12-10-18)33(29,30)32-24/h2-13,27-28H,14,24H2,1H3. The number of nitrogens with two attached hydrogens (primary N) is 1. The normalized spacial score (nSPS) is 11.5. The van der Waals surface area contributed by atoms with E-state index < -0.39 is 10.1 Å². The van der Waals surface area contributed by atoms with Gasteiger partial charge in [0.1, 0.15) is 12.3 Å². The summed E-state index contributed by atoms with van der Waals surface area (Å²) in [6.07, 6.45) is 0. The highest BCUT2D eigenvalue weighted by molar-refractivity contribution is 7.86. The number of ether oxygens (including phenoxy) is 1. The second-order valence-electron chi connectivity index (χ2n) is 7.26. The number of benzene rings is 3. The first-order valence-corrected chi connectivity index (χ1v) is 11.2. The lowest BCUT2D eigenvalue weighted by Gasteiger charge is -2.09. The number of phenols is 2. The molecule has 0 fully saturated rings. The van der Waals surface area contributed by atoms with E-state index in [-0.39, 0.29) is 28.8 Å². The molecular weight excluding hydrogens is 446 g/mol. The highest BCUT2D eigenvalue weighted by Gasteiger charge is 2.17. The van der Waals surface area contributed by atoms with Crippen LogP contribution < -0.4 is 10.6 Å². The number of rotatable bonds is 7. The van der Waals surface area contributed by atoms with Gasteiger partial charge in [0, 0.05) is 5.56 Å². The summed E-state index contributed by atoms with van der Waals surface area (Å²) in [5.41, 5.74) is 3.90. The first-order chi connectivity index (χ1) is 15.8. The van der Waals surface area contributed by atoms with Crippen LogP contribution in [0, 0.1) is 6.92 Å². The highest BCUT2D eigenvalue weighted by atomic mass is 32.2. The highest BCUT2D eigenvalue weighted by Crippen LogP contribution is 2.35. The Hall–Kier alpha value is -3.86. The van der Waals surface area contributed by atoms with Gasteiger partial charge in [-0.05, 0) is 49.4 Å². The second-order valence-corrected chi connectivity index (χ2v) is 8.83. The van der Waals surface area contributed by atoms with Gasteiger partial charge in [0.15, 0.2) is 11.5 Å². The van der Waals surface area contributed by atoms with E-state index >= 15 is 0 Å². The van der Waals surface area contributed by atoms with Crippen LogP contribution in [0.15, 0.2) is 77.7 Å². The van der Waals surface area contributed by atoms with Gasteiger partial charge in [-0.15, -0.1) is 0 Å². The van der Waals surface area contributed by atoms with Gasteiger partial charge in [-0.1, -0.05) is 35.9 Å². The van der Waals surface area contributed by atoms with Gasteiger partial charge in [0.25, 0.3) is 0 Å². The van der Waals surface area contributed by atoms with Gasteiger partial charge in [-0.3, -0.25) is 0 Å². The number of hydrogen-bond acceptors (Lipinski definition) is 8. The summed E-state index contributed by atoms with van der Waals surface area (Å²) in [4.78, 5) is -0.0827. The number of para-hydroxylation sites is 1. The number of aryl methyl sites for hydroxylation is 1. The summed E-state index contributed by atoms with van der Waals surface area (Å²) in [7, 11) is -4.02. The van der Waals surface area contributed by atoms with Crippen molar-refractivity contribution in [1.29, 1.82) is 0 Å². The van der Waals surface area contributed by atoms with E-state index in [1.807, 2.05) is 37.3 Å². The third-order valence-electron chi connectivity index (χ3n) is 4.96. The van der Waals surface area contributed by atoms with Crippen molar-refractivity contribution in [2.24, 2.45) is 5.90 Å². The molecule has 0 aliphatic rings. The van der Waals surface area contributed by atoms with Crippen LogP contribution in [0.3, 0.4) is 0 Å². The van der Waals surface area contributed by atoms with E-state index in [0.717, 1.165) is 16.8 Å². The predicted molar refractivity (Wildman–Crippen MR) is 120 cm³/mol. The number of phenolic OH excluding ortho intramolecular Hbond substituents is 2. The van der Waals surface area contributed by atoms with Gasteiger partial charge in [0.2, 0.25) is 5.75 Å². The lowest BCUT2D eigenvalue weighted by atomic mass is 10.1. The number of hydrogen-bond donors (Lipinski definition) is 3. The molecular formula is C23H21N3O6S. The number of aromatic nitrogens is 2. The third-order valence-corrected chi connectivity index (χ3v) is 6.06. The molecule has 0 saturated heterocycles. The van der Waals surface area contributed by atoms with Crippen LogP contribution in [0.5, 0.6) is 17.2 Å². The van der Waals surface area contributed by atoms with E-state index in [2.05, 4.69) is 9.38 Å². The Morgan fingerprint density at radius 3 is 2.36 bits per heavy atom. The lowest BCUT2D eigenvalue weighted by molar-refractivity contribution is 0.278. The van der Waals surface area contributed by atoms with Crippen LogP contribution in [-0.2, 0) is 21.0 Å². The van der Waals surface area contributed by atoms with Crippen molar-refractivity contribution in [3.63, 3.8) is 0 Å². The molecule has 0 spiro atoms. The average molecular weight is 468 g/mol.